The van der Waals surface area contributed by atoms with E-state index in [2.05, 4.69) is 39.3 Å². The summed E-state index contributed by atoms with van der Waals surface area (Å²) < 4.78 is 0. The lowest BCUT2D eigenvalue weighted by molar-refractivity contribution is 0.902. The van der Waals surface area contributed by atoms with Crippen molar-refractivity contribution in [3.63, 3.8) is 0 Å². The molecule has 0 unspecified atom stereocenters. The van der Waals surface area contributed by atoms with E-state index in [1.165, 1.54) is 16.9 Å². The molecule has 0 fully saturated rings. The van der Waals surface area contributed by atoms with Crippen molar-refractivity contribution in [2.75, 3.05) is 19.3 Å². The van der Waals surface area contributed by atoms with Gasteiger partial charge in [0.1, 0.15) is 11.5 Å². The van der Waals surface area contributed by atoms with Crippen LogP contribution in [0.15, 0.2) is 52.2 Å². The van der Waals surface area contributed by atoms with E-state index in [1.807, 2.05) is 35.0 Å². The fraction of sp³-hybridized carbons (Fsp3) is 0.200. The molecule has 0 atom stereocenters. The van der Waals surface area contributed by atoms with Crippen LogP contribution in [0, 0.1) is 11.8 Å². The quantitative estimate of drug-likeness (QED) is 0.306. The highest BCUT2D eigenvalue weighted by atomic mass is 32.1. The van der Waals surface area contributed by atoms with Crippen molar-refractivity contribution in [1.82, 2.24) is 10.3 Å². The number of thiazole rings is 1. The van der Waals surface area contributed by atoms with Gasteiger partial charge < -0.3 is 11.1 Å². The molecule has 2 aromatic heterocycles. The van der Waals surface area contributed by atoms with Gasteiger partial charge in [-0.25, -0.2) is 4.98 Å². The van der Waals surface area contributed by atoms with E-state index in [1.54, 1.807) is 18.4 Å². The van der Waals surface area contributed by atoms with E-state index < -0.39 is 0 Å². The maximum absolute atomic E-state index is 5.94. The minimum Gasteiger partial charge on any atom is -0.390 e. The number of benzene rings is 1. The average Bonchev–Trinajstić information content (AvgIpc) is 3.28. The number of aliphatic imine (C=N–C) groups is 1. The number of nitrogens with one attached hydrogen (secondary N) is 1. The Kier molecular flexibility index (Phi) is 6.42. The second kappa shape index (κ2) is 9.18. The molecule has 0 bridgehead atoms. The van der Waals surface area contributed by atoms with Crippen molar-refractivity contribution in [2.24, 2.45) is 4.99 Å². The van der Waals surface area contributed by atoms with Crippen molar-refractivity contribution >= 4 is 33.5 Å². The Morgan fingerprint density at radius 2 is 2.08 bits per heavy atom. The highest BCUT2D eigenvalue weighted by Gasteiger charge is 2.06. The van der Waals surface area contributed by atoms with Crippen LogP contribution < -0.4 is 11.1 Å². The van der Waals surface area contributed by atoms with Gasteiger partial charge in [-0.05, 0) is 22.9 Å². The molecule has 3 aromatic rings. The Hall–Kier alpha value is -2.62. The zero-order valence-electron chi connectivity index (χ0n) is 14.5. The average molecular weight is 381 g/mol. The molecule has 0 aliphatic heterocycles. The first-order valence-corrected chi connectivity index (χ1v) is 10.0. The Bertz CT molecular complexity index is 929. The third-order valence-electron chi connectivity index (χ3n) is 3.68. The number of nitrogens with two attached hydrogens (primary N) is 1. The lowest BCUT2D eigenvalue weighted by atomic mass is 10.2. The zero-order valence-corrected chi connectivity index (χ0v) is 16.2. The van der Waals surface area contributed by atoms with Crippen molar-refractivity contribution in [2.45, 2.75) is 12.8 Å². The third kappa shape index (κ3) is 4.94. The van der Waals surface area contributed by atoms with Gasteiger partial charge in [-0.3, -0.25) is 4.99 Å². The summed E-state index contributed by atoms with van der Waals surface area (Å²) in [5.74, 6) is 7.11. The van der Waals surface area contributed by atoms with Crippen LogP contribution in [0.25, 0.3) is 0 Å². The number of nitrogens with zero attached hydrogens (tertiary/aromatic N) is 2. The highest BCUT2D eigenvalue weighted by Crippen LogP contribution is 2.19. The predicted octanol–water partition coefficient (Wildman–Crippen LogP) is 3.79. The molecule has 26 heavy (non-hydrogen) atoms. The number of rotatable bonds is 5. The number of hydrogen-bond acceptors (Lipinski definition) is 5. The maximum atomic E-state index is 5.94. The molecule has 0 aliphatic carbocycles. The second-order valence-electron chi connectivity index (χ2n) is 5.54. The molecule has 0 saturated carbocycles. The van der Waals surface area contributed by atoms with Crippen LogP contribution in [-0.2, 0) is 6.42 Å². The molecule has 2 heterocycles. The smallest absolute Gasteiger partial charge is 0.131 e. The molecule has 0 spiro atoms. The summed E-state index contributed by atoms with van der Waals surface area (Å²) in [6.07, 6.45) is 1.57. The summed E-state index contributed by atoms with van der Waals surface area (Å²) >= 11 is 3.17. The van der Waals surface area contributed by atoms with Gasteiger partial charge in [-0.1, -0.05) is 36.3 Å². The second-order valence-corrected chi connectivity index (χ2v) is 7.43. The molecule has 3 N–H and O–H groups in total. The summed E-state index contributed by atoms with van der Waals surface area (Å²) in [6.45, 7) is 0.718. The van der Waals surface area contributed by atoms with Crippen molar-refractivity contribution < 1.29 is 0 Å². The Morgan fingerprint density at radius 3 is 2.81 bits per heavy atom. The van der Waals surface area contributed by atoms with Crippen molar-refractivity contribution in [3.8, 4) is 11.8 Å². The summed E-state index contributed by atoms with van der Waals surface area (Å²) in [7, 11) is 1.76. The van der Waals surface area contributed by atoms with Gasteiger partial charge in [0, 0.05) is 31.8 Å². The van der Waals surface area contributed by atoms with Gasteiger partial charge >= 0.3 is 0 Å². The van der Waals surface area contributed by atoms with Gasteiger partial charge in [-0.2, -0.15) is 0 Å². The number of nitrogen functional groups attached to an aromatic ring is 1. The standard InChI is InChI=1S/C20H20N4S2/c1-22-20(17-10-12-25-19(17)21)23-11-6-5-9-16-14-26-18(24-16)13-15-7-3-2-4-8-15/h2-4,7-8,10,12,14H,6,11,13,21H2,1H3,(H,22,23). The Morgan fingerprint density at radius 1 is 1.23 bits per heavy atom. The largest absolute Gasteiger partial charge is 0.390 e. The van der Waals surface area contributed by atoms with E-state index >= 15 is 0 Å². The van der Waals surface area contributed by atoms with Crippen LogP contribution in [0.5, 0.6) is 0 Å². The van der Waals surface area contributed by atoms with Crippen LogP contribution in [0.3, 0.4) is 0 Å². The predicted molar refractivity (Wildman–Crippen MR) is 112 cm³/mol. The van der Waals surface area contributed by atoms with Gasteiger partial charge in [0.2, 0.25) is 0 Å². The van der Waals surface area contributed by atoms with Gasteiger partial charge in [0.25, 0.3) is 0 Å². The number of aromatic nitrogens is 1. The summed E-state index contributed by atoms with van der Waals surface area (Å²) in [6, 6.07) is 12.3. The van der Waals surface area contributed by atoms with Gasteiger partial charge in [-0.15, -0.1) is 22.7 Å². The summed E-state index contributed by atoms with van der Waals surface area (Å²) in [5, 5.41) is 9.14. The first kappa shape index (κ1) is 18.2. The molecule has 0 aliphatic rings. The molecule has 1 aromatic carbocycles. The van der Waals surface area contributed by atoms with E-state index in [9.17, 15) is 0 Å². The molecule has 4 nitrogen and oxygen atoms in total. The Labute approximate surface area is 161 Å². The minimum atomic E-state index is 0.717. The van der Waals surface area contributed by atoms with Gasteiger partial charge in [0.15, 0.2) is 0 Å². The minimum absolute atomic E-state index is 0.717. The molecule has 132 valence electrons. The van der Waals surface area contributed by atoms with Crippen molar-refractivity contribution in [3.05, 3.63) is 69.0 Å². The Balaban J connectivity index is 1.49. The first-order chi connectivity index (χ1) is 12.8. The lowest BCUT2D eigenvalue weighted by Crippen LogP contribution is -2.25. The van der Waals surface area contributed by atoms with Crippen LogP contribution in [0.1, 0.15) is 28.2 Å². The SMILES string of the molecule is CN=C(NCCC#Cc1csc(Cc2ccccc2)n1)c1ccsc1N. The molecule has 3 rings (SSSR count). The number of thiophene rings is 1. The first-order valence-electron chi connectivity index (χ1n) is 8.27. The van der Waals surface area contributed by atoms with E-state index in [0.29, 0.717) is 6.42 Å². The number of hydrogen-bond donors (Lipinski definition) is 2. The summed E-state index contributed by atoms with van der Waals surface area (Å²) in [4.78, 5) is 8.86. The highest BCUT2D eigenvalue weighted by molar-refractivity contribution is 7.14. The van der Waals surface area contributed by atoms with Crippen LogP contribution in [-0.4, -0.2) is 24.4 Å². The number of anilines is 1. The van der Waals surface area contributed by atoms with Crippen LogP contribution in [0.4, 0.5) is 5.00 Å². The van der Waals surface area contributed by atoms with Crippen LogP contribution >= 0.6 is 22.7 Å². The molecule has 0 amide bonds. The third-order valence-corrected chi connectivity index (χ3v) is 5.28. The fourth-order valence-corrected chi connectivity index (χ4v) is 3.83. The van der Waals surface area contributed by atoms with Gasteiger partial charge in [0.05, 0.1) is 15.6 Å². The van der Waals surface area contributed by atoms with E-state index in [4.69, 9.17) is 5.73 Å². The normalized spacial score (nSPS) is 11.0. The van der Waals surface area contributed by atoms with Crippen LogP contribution in [0.2, 0.25) is 0 Å². The molecular formula is C20H20N4S2. The fourth-order valence-electron chi connectivity index (χ4n) is 2.43. The van der Waals surface area contributed by atoms with E-state index in [0.717, 1.165) is 40.1 Å². The van der Waals surface area contributed by atoms with Crippen molar-refractivity contribution in [1.29, 1.82) is 0 Å². The van der Waals surface area contributed by atoms with E-state index in [-0.39, 0.29) is 0 Å². The molecule has 6 heteroatoms. The zero-order chi connectivity index (χ0) is 18.2. The molecule has 0 radical (unpaired) electrons. The number of amidine groups is 1. The molecular weight excluding hydrogens is 360 g/mol. The topological polar surface area (TPSA) is 63.3 Å². The summed E-state index contributed by atoms with van der Waals surface area (Å²) in [5.41, 5.74) is 9.01. The monoisotopic (exact) mass is 380 g/mol. The molecule has 0 saturated heterocycles. The lowest BCUT2D eigenvalue weighted by Gasteiger charge is -2.06. The maximum Gasteiger partial charge on any atom is 0.131 e.